The molecular weight excluding hydrogens is 162 g/mol. The van der Waals surface area contributed by atoms with Gasteiger partial charge in [0.25, 0.3) is 0 Å². The summed E-state index contributed by atoms with van der Waals surface area (Å²) < 4.78 is 0. The molecule has 1 amide bonds. The second-order valence-corrected chi connectivity index (χ2v) is 4.57. The molecule has 0 saturated heterocycles. The summed E-state index contributed by atoms with van der Waals surface area (Å²) in [6.45, 7) is 6.17. The van der Waals surface area contributed by atoms with Crippen molar-refractivity contribution < 1.29 is 4.79 Å². The molecule has 0 heterocycles. The lowest BCUT2D eigenvalue weighted by molar-refractivity contribution is -0.120. The molecule has 0 aromatic carbocycles. The predicted octanol–water partition coefficient (Wildman–Crippen LogP) is 2.34. The van der Waals surface area contributed by atoms with Crippen LogP contribution in [0, 0.1) is 11.8 Å². The van der Waals surface area contributed by atoms with Gasteiger partial charge in [-0.05, 0) is 24.7 Å². The van der Waals surface area contributed by atoms with E-state index >= 15 is 0 Å². The minimum absolute atomic E-state index is 0.120. The Labute approximate surface area is 81.1 Å². The van der Waals surface area contributed by atoms with Crippen LogP contribution in [-0.4, -0.2) is 11.9 Å². The van der Waals surface area contributed by atoms with E-state index in [1.807, 2.05) is 0 Å². The summed E-state index contributed by atoms with van der Waals surface area (Å²) in [4.78, 5) is 10.9. The maximum atomic E-state index is 10.9. The van der Waals surface area contributed by atoms with Gasteiger partial charge in [-0.3, -0.25) is 4.79 Å². The minimum atomic E-state index is 0.120. The van der Waals surface area contributed by atoms with E-state index < -0.39 is 0 Å². The van der Waals surface area contributed by atoms with Gasteiger partial charge < -0.3 is 5.32 Å². The largest absolute Gasteiger partial charge is 0.354 e. The SMILES string of the molecule is CC(=O)N[C@H]1CCCC(C(C)C)C1. The van der Waals surface area contributed by atoms with E-state index in [-0.39, 0.29) is 5.91 Å². The van der Waals surface area contributed by atoms with Crippen LogP contribution < -0.4 is 5.32 Å². The molecule has 13 heavy (non-hydrogen) atoms. The molecule has 0 spiro atoms. The highest BCUT2D eigenvalue weighted by Crippen LogP contribution is 2.29. The van der Waals surface area contributed by atoms with Crippen LogP contribution in [0.1, 0.15) is 46.5 Å². The zero-order valence-electron chi connectivity index (χ0n) is 8.97. The summed E-state index contributed by atoms with van der Waals surface area (Å²) in [5.74, 6) is 1.69. The molecular formula is C11H21NO. The maximum Gasteiger partial charge on any atom is 0.217 e. The van der Waals surface area contributed by atoms with Crippen molar-refractivity contribution in [2.45, 2.75) is 52.5 Å². The van der Waals surface area contributed by atoms with Crippen LogP contribution >= 0.6 is 0 Å². The Bertz CT molecular complexity index is 177. The van der Waals surface area contributed by atoms with Gasteiger partial charge in [-0.25, -0.2) is 0 Å². The van der Waals surface area contributed by atoms with Gasteiger partial charge in [0.05, 0.1) is 0 Å². The molecule has 0 bridgehead atoms. The number of hydrogen-bond donors (Lipinski definition) is 1. The number of hydrogen-bond acceptors (Lipinski definition) is 1. The Morgan fingerprint density at radius 3 is 2.62 bits per heavy atom. The third-order valence-corrected chi connectivity index (χ3v) is 3.06. The van der Waals surface area contributed by atoms with Crippen LogP contribution in [0.15, 0.2) is 0 Å². The Hall–Kier alpha value is -0.530. The number of carbonyl (C=O) groups is 1. The summed E-state index contributed by atoms with van der Waals surface area (Å²) in [5, 5.41) is 3.03. The van der Waals surface area contributed by atoms with Crippen LogP contribution in [0.3, 0.4) is 0 Å². The Morgan fingerprint density at radius 2 is 2.08 bits per heavy atom. The van der Waals surface area contributed by atoms with E-state index in [9.17, 15) is 4.79 Å². The van der Waals surface area contributed by atoms with E-state index in [1.165, 1.54) is 25.7 Å². The molecule has 0 aliphatic heterocycles. The highest BCUT2D eigenvalue weighted by atomic mass is 16.1. The Balaban J connectivity index is 2.37. The molecule has 1 fully saturated rings. The average Bonchev–Trinajstić information content (AvgIpc) is 2.03. The molecule has 1 N–H and O–H groups in total. The Morgan fingerprint density at radius 1 is 1.38 bits per heavy atom. The van der Waals surface area contributed by atoms with Crippen molar-refractivity contribution in [3.8, 4) is 0 Å². The molecule has 2 atom stereocenters. The van der Waals surface area contributed by atoms with Crippen molar-refractivity contribution in [2.75, 3.05) is 0 Å². The van der Waals surface area contributed by atoms with Crippen molar-refractivity contribution in [1.82, 2.24) is 5.32 Å². The first-order valence-electron chi connectivity index (χ1n) is 5.36. The normalized spacial score (nSPS) is 28.9. The molecule has 2 nitrogen and oxygen atoms in total. The van der Waals surface area contributed by atoms with Crippen molar-refractivity contribution in [3.63, 3.8) is 0 Å². The van der Waals surface area contributed by atoms with Crippen LogP contribution in [0.5, 0.6) is 0 Å². The molecule has 1 rings (SSSR count). The highest BCUT2D eigenvalue weighted by Gasteiger charge is 2.24. The Kier molecular flexibility index (Phi) is 3.76. The second kappa shape index (κ2) is 4.64. The van der Waals surface area contributed by atoms with Gasteiger partial charge in [-0.15, -0.1) is 0 Å². The van der Waals surface area contributed by atoms with Gasteiger partial charge in [-0.2, -0.15) is 0 Å². The van der Waals surface area contributed by atoms with Gasteiger partial charge in [-0.1, -0.05) is 26.7 Å². The number of amides is 1. The topological polar surface area (TPSA) is 29.1 Å². The predicted molar refractivity (Wildman–Crippen MR) is 54.4 cm³/mol. The molecule has 0 radical (unpaired) electrons. The van der Waals surface area contributed by atoms with E-state index in [0.717, 1.165) is 11.8 Å². The van der Waals surface area contributed by atoms with Gasteiger partial charge in [0.2, 0.25) is 5.91 Å². The van der Waals surface area contributed by atoms with Gasteiger partial charge in [0, 0.05) is 13.0 Å². The van der Waals surface area contributed by atoms with Crippen molar-refractivity contribution in [3.05, 3.63) is 0 Å². The zero-order valence-corrected chi connectivity index (χ0v) is 8.97. The van der Waals surface area contributed by atoms with Gasteiger partial charge in [0.1, 0.15) is 0 Å². The van der Waals surface area contributed by atoms with Crippen LogP contribution in [0.2, 0.25) is 0 Å². The van der Waals surface area contributed by atoms with E-state index in [0.29, 0.717) is 6.04 Å². The summed E-state index contributed by atoms with van der Waals surface area (Å²) in [5.41, 5.74) is 0. The summed E-state index contributed by atoms with van der Waals surface area (Å²) in [7, 11) is 0. The lowest BCUT2D eigenvalue weighted by Crippen LogP contribution is -2.38. The average molecular weight is 183 g/mol. The zero-order chi connectivity index (χ0) is 9.84. The second-order valence-electron chi connectivity index (χ2n) is 4.57. The molecule has 0 aromatic rings. The monoisotopic (exact) mass is 183 g/mol. The van der Waals surface area contributed by atoms with Gasteiger partial charge in [0.15, 0.2) is 0 Å². The lowest BCUT2D eigenvalue weighted by atomic mass is 9.79. The number of carbonyl (C=O) groups excluding carboxylic acids is 1. The lowest BCUT2D eigenvalue weighted by Gasteiger charge is -2.31. The van der Waals surface area contributed by atoms with E-state index in [2.05, 4.69) is 19.2 Å². The quantitative estimate of drug-likeness (QED) is 0.699. The number of nitrogens with one attached hydrogen (secondary N) is 1. The fraction of sp³-hybridized carbons (Fsp3) is 0.909. The highest BCUT2D eigenvalue weighted by molar-refractivity contribution is 5.73. The molecule has 76 valence electrons. The third-order valence-electron chi connectivity index (χ3n) is 3.06. The first-order valence-corrected chi connectivity index (χ1v) is 5.36. The first-order chi connectivity index (χ1) is 6.09. The molecule has 1 unspecified atom stereocenters. The molecule has 1 saturated carbocycles. The molecule has 1 aliphatic rings. The third kappa shape index (κ3) is 3.37. The van der Waals surface area contributed by atoms with Gasteiger partial charge >= 0.3 is 0 Å². The molecule has 1 aliphatic carbocycles. The smallest absolute Gasteiger partial charge is 0.217 e. The molecule has 0 aromatic heterocycles. The van der Waals surface area contributed by atoms with Crippen molar-refractivity contribution in [2.24, 2.45) is 11.8 Å². The summed E-state index contributed by atoms with van der Waals surface area (Å²) >= 11 is 0. The maximum absolute atomic E-state index is 10.9. The summed E-state index contributed by atoms with van der Waals surface area (Å²) in [6.07, 6.45) is 4.96. The van der Waals surface area contributed by atoms with E-state index in [4.69, 9.17) is 0 Å². The molecule has 2 heteroatoms. The van der Waals surface area contributed by atoms with E-state index in [1.54, 1.807) is 6.92 Å². The van der Waals surface area contributed by atoms with Crippen LogP contribution in [0.4, 0.5) is 0 Å². The van der Waals surface area contributed by atoms with Crippen molar-refractivity contribution >= 4 is 5.91 Å². The van der Waals surface area contributed by atoms with Crippen LogP contribution in [-0.2, 0) is 4.79 Å². The fourth-order valence-electron chi connectivity index (χ4n) is 2.25. The minimum Gasteiger partial charge on any atom is -0.354 e. The fourth-order valence-corrected chi connectivity index (χ4v) is 2.25. The number of rotatable bonds is 2. The first kappa shape index (κ1) is 10.6. The van der Waals surface area contributed by atoms with Crippen LogP contribution in [0.25, 0.3) is 0 Å². The standard InChI is InChI=1S/C11H21NO/c1-8(2)10-5-4-6-11(7-10)12-9(3)13/h8,10-11H,4-7H2,1-3H3,(H,12,13)/t10?,11-/m0/s1. The van der Waals surface area contributed by atoms with Crippen molar-refractivity contribution in [1.29, 1.82) is 0 Å². The summed E-state index contributed by atoms with van der Waals surface area (Å²) in [6, 6.07) is 0.443.